The summed E-state index contributed by atoms with van der Waals surface area (Å²) in [6, 6.07) is 3.02. The molecule has 0 aliphatic carbocycles. The summed E-state index contributed by atoms with van der Waals surface area (Å²) in [5.74, 6) is 0. The number of sulfone groups is 1. The number of hydrogen-bond donors (Lipinski definition) is 2. The molecule has 7 nitrogen and oxygen atoms in total. The van der Waals surface area contributed by atoms with Crippen LogP contribution in [-0.4, -0.2) is 67.3 Å². The highest BCUT2D eigenvalue weighted by atomic mass is 35.5. The first-order chi connectivity index (χ1) is 11.6. The molecular formula is C16H29Cl2N3O4S2. The van der Waals surface area contributed by atoms with Gasteiger partial charge < -0.3 is 10.2 Å². The first-order valence-electron chi connectivity index (χ1n) is 8.35. The molecule has 0 amide bonds. The molecule has 0 unspecified atom stereocenters. The topological polar surface area (TPSA) is 95.6 Å². The van der Waals surface area contributed by atoms with Gasteiger partial charge in [0.25, 0.3) is 0 Å². The van der Waals surface area contributed by atoms with E-state index in [1.807, 2.05) is 0 Å². The minimum absolute atomic E-state index is 0. The molecule has 1 fully saturated rings. The minimum Gasteiger partial charge on any atom is -0.314 e. The average molecular weight is 462 g/mol. The molecule has 158 valence electrons. The predicted molar refractivity (Wildman–Crippen MR) is 113 cm³/mol. The number of halogens is 2. The van der Waals surface area contributed by atoms with Crippen molar-refractivity contribution in [3.63, 3.8) is 0 Å². The van der Waals surface area contributed by atoms with Gasteiger partial charge in [0, 0.05) is 39.0 Å². The second kappa shape index (κ2) is 10.9. The zero-order valence-electron chi connectivity index (χ0n) is 15.8. The summed E-state index contributed by atoms with van der Waals surface area (Å²) in [6.45, 7) is 8.26. The second-order valence-corrected chi connectivity index (χ2v) is 10.2. The van der Waals surface area contributed by atoms with E-state index >= 15 is 0 Å². The highest BCUT2D eigenvalue weighted by molar-refractivity contribution is 7.91. The van der Waals surface area contributed by atoms with Crippen molar-refractivity contribution in [2.45, 2.75) is 30.1 Å². The Morgan fingerprint density at radius 3 is 2.15 bits per heavy atom. The number of sulfonamides is 1. The third-order valence-corrected chi connectivity index (χ3v) is 7.11. The van der Waals surface area contributed by atoms with Crippen LogP contribution in [0.5, 0.6) is 0 Å². The number of benzene rings is 1. The van der Waals surface area contributed by atoms with E-state index in [4.69, 9.17) is 0 Å². The van der Waals surface area contributed by atoms with Gasteiger partial charge in [-0.3, -0.25) is 0 Å². The highest BCUT2D eigenvalue weighted by Crippen LogP contribution is 2.24. The maximum atomic E-state index is 12.6. The fourth-order valence-corrected chi connectivity index (χ4v) is 5.53. The molecular weight excluding hydrogens is 433 g/mol. The molecule has 1 aromatic rings. The SMILES string of the molecule is Cc1cc(S(C)(=O)=O)c(C)c(S(=O)(=O)NCCCN2CCNCC2)c1.Cl.Cl. The third kappa shape index (κ3) is 7.49. The van der Waals surface area contributed by atoms with E-state index in [0.29, 0.717) is 18.5 Å². The van der Waals surface area contributed by atoms with Crippen molar-refractivity contribution in [1.29, 1.82) is 0 Å². The quantitative estimate of drug-likeness (QED) is 0.590. The van der Waals surface area contributed by atoms with E-state index in [9.17, 15) is 16.8 Å². The van der Waals surface area contributed by atoms with Crippen LogP contribution in [-0.2, 0) is 19.9 Å². The molecule has 0 aromatic heterocycles. The summed E-state index contributed by atoms with van der Waals surface area (Å²) in [6.07, 6.45) is 1.80. The Hall–Kier alpha value is -0.420. The van der Waals surface area contributed by atoms with E-state index in [2.05, 4.69) is 14.9 Å². The molecule has 2 rings (SSSR count). The smallest absolute Gasteiger partial charge is 0.240 e. The van der Waals surface area contributed by atoms with Crippen molar-refractivity contribution in [2.24, 2.45) is 0 Å². The summed E-state index contributed by atoms with van der Waals surface area (Å²) in [4.78, 5) is 2.40. The second-order valence-electron chi connectivity index (χ2n) is 6.50. The number of aryl methyl sites for hydroxylation is 1. The van der Waals surface area contributed by atoms with Crippen LogP contribution in [0.4, 0.5) is 0 Å². The van der Waals surface area contributed by atoms with E-state index in [-0.39, 0.29) is 40.2 Å². The number of rotatable bonds is 7. The van der Waals surface area contributed by atoms with Crippen LogP contribution in [0.1, 0.15) is 17.5 Å². The van der Waals surface area contributed by atoms with Crippen molar-refractivity contribution in [2.75, 3.05) is 45.5 Å². The van der Waals surface area contributed by atoms with Gasteiger partial charge in [-0.05, 0) is 50.1 Å². The lowest BCUT2D eigenvalue weighted by atomic mass is 10.2. The monoisotopic (exact) mass is 461 g/mol. The van der Waals surface area contributed by atoms with Gasteiger partial charge in [0.1, 0.15) is 0 Å². The molecule has 1 saturated heterocycles. The molecule has 27 heavy (non-hydrogen) atoms. The summed E-state index contributed by atoms with van der Waals surface area (Å²) in [5, 5.41) is 3.28. The maximum absolute atomic E-state index is 12.6. The standard InChI is InChI=1S/C16H27N3O4S2.2ClH/c1-13-11-15(24(3,20)21)14(2)16(12-13)25(22,23)18-5-4-8-19-9-6-17-7-10-19;;/h11-12,17-18H,4-10H2,1-3H3;2*1H. The molecule has 2 N–H and O–H groups in total. The third-order valence-electron chi connectivity index (χ3n) is 4.30. The van der Waals surface area contributed by atoms with Crippen molar-refractivity contribution in [3.8, 4) is 0 Å². The molecule has 1 aromatic carbocycles. The Bertz CT molecular complexity index is 824. The van der Waals surface area contributed by atoms with E-state index < -0.39 is 19.9 Å². The summed E-state index contributed by atoms with van der Waals surface area (Å²) in [5.41, 5.74) is 0.870. The molecule has 11 heteroatoms. The molecule has 1 aliphatic heterocycles. The summed E-state index contributed by atoms with van der Waals surface area (Å²) < 4.78 is 51.6. The van der Waals surface area contributed by atoms with Gasteiger partial charge in [-0.25, -0.2) is 21.6 Å². The zero-order chi connectivity index (χ0) is 18.7. The van der Waals surface area contributed by atoms with Gasteiger partial charge in [-0.1, -0.05) is 0 Å². The van der Waals surface area contributed by atoms with E-state index in [0.717, 1.165) is 39.0 Å². The lowest BCUT2D eigenvalue weighted by Gasteiger charge is -2.27. The molecule has 0 bridgehead atoms. The number of piperazine rings is 1. The number of nitrogens with zero attached hydrogens (tertiary/aromatic N) is 1. The number of hydrogen-bond acceptors (Lipinski definition) is 6. The first kappa shape index (κ1) is 26.6. The molecule has 0 atom stereocenters. The molecule has 1 heterocycles. The predicted octanol–water partition coefficient (Wildman–Crippen LogP) is 1.12. The van der Waals surface area contributed by atoms with Crippen LogP contribution in [0.2, 0.25) is 0 Å². The maximum Gasteiger partial charge on any atom is 0.240 e. The molecule has 1 aliphatic rings. The van der Waals surface area contributed by atoms with Crippen LogP contribution in [0.15, 0.2) is 21.9 Å². The Balaban J connectivity index is 0.00000338. The van der Waals surface area contributed by atoms with Crippen molar-refractivity contribution >= 4 is 44.7 Å². The van der Waals surface area contributed by atoms with Crippen molar-refractivity contribution in [3.05, 3.63) is 23.3 Å². The van der Waals surface area contributed by atoms with Gasteiger partial charge in [0.15, 0.2) is 9.84 Å². The van der Waals surface area contributed by atoms with Crippen LogP contribution < -0.4 is 10.0 Å². The average Bonchev–Trinajstić information content (AvgIpc) is 2.53. The number of nitrogens with one attached hydrogen (secondary N) is 2. The Morgan fingerprint density at radius 1 is 1.04 bits per heavy atom. The summed E-state index contributed by atoms with van der Waals surface area (Å²) >= 11 is 0. The van der Waals surface area contributed by atoms with Gasteiger partial charge in [0.05, 0.1) is 9.79 Å². The summed E-state index contributed by atoms with van der Waals surface area (Å²) in [7, 11) is -7.23. The molecule has 0 radical (unpaired) electrons. The fourth-order valence-electron chi connectivity index (χ4n) is 2.98. The van der Waals surface area contributed by atoms with Crippen molar-refractivity contribution in [1.82, 2.24) is 14.9 Å². The van der Waals surface area contributed by atoms with Crippen LogP contribution in [0.3, 0.4) is 0 Å². The lowest BCUT2D eigenvalue weighted by Crippen LogP contribution is -2.44. The van der Waals surface area contributed by atoms with Crippen LogP contribution >= 0.6 is 24.8 Å². The van der Waals surface area contributed by atoms with Crippen LogP contribution in [0, 0.1) is 13.8 Å². The Labute approximate surface area is 175 Å². The normalized spacial score (nSPS) is 15.7. The minimum atomic E-state index is -3.74. The largest absolute Gasteiger partial charge is 0.314 e. The van der Waals surface area contributed by atoms with E-state index in [1.54, 1.807) is 6.92 Å². The Kier molecular flexibility index (Phi) is 10.8. The van der Waals surface area contributed by atoms with Gasteiger partial charge >= 0.3 is 0 Å². The van der Waals surface area contributed by atoms with Gasteiger partial charge in [0.2, 0.25) is 10.0 Å². The molecule has 0 spiro atoms. The van der Waals surface area contributed by atoms with Gasteiger partial charge in [-0.15, -0.1) is 24.8 Å². The van der Waals surface area contributed by atoms with Crippen LogP contribution in [0.25, 0.3) is 0 Å². The van der Waals surface area contributed by atoms with Crippen molar-refractivity contribution < 1.29 is 16.8 Å². The fraction of sp³-hybridized carbons (Fsp3) is 0.625. The first-order valence-corrected chi connectivity index (χ1v) is 11.7. The lowest BCUT2D eigenvalue weighted by molar-refractivity contribution is 0.239. The molecule has 0 saturated carbocycles. The van der Waals surface area contributed by atoms with Gasteiger partial charge in [-0.2, -0.15) is 0 Å². The Morgan fingerprint density at radius 2 is 1.59 bits per heavy atom. The van der Waals surface area contributed by atoms with E-state index in [1.165, 1.54) is 19.1 Å². The highest BCUT2D eigenvalue weighted by Gasteiger charge is 2.22. The zero-order valence-corrected chi connectivity index (χ0v) is 19.1.